The Hall–Kier alpha value is -2.28. The molecule has 22 heavy (non-hydrogen) atoms. The molecule has 0 aliphatic heterocycles. The molecular formula is C15H10BrF2N3O. The Balaban J connectivity index is 2.34. The van der Waals surface area contributed by atoms with Crippen molar-refractivity contribution in [3.8, 4) is 11.1 Å². The largest absolute Gasteiger partial charge is 0.383 e. The van der Waals surface area contributed by atoms with Crippen molar-refractivity contribution in [2.45, 2.75) is 6.92 Å². The summed E-state index contributed by atoms with van der Waals surface area (Å²) in [5.74, 6) is -1.47. The van der Waals surface area contributed by atoms with E-state index in [1.807, 2.05) is 0 Å². The van der Waals surface area contributed by atoms with Gasteiger partial charge in [0, 0.05) is 11.3 Å². The molecule has 3 aromatic rings. The summed E-state index contributed by atoms with van der Waals surface area (Å²) in [5, 5.41) is 0.415. The number of aromatic nitrogens is 2. The summed E-state index contributed by atoms with van der Waals surface area (Å²) in [6.45, 7) is 1.70. The highest BCUT2D eigenvalue weighted by Gasteiger charge is 2.14. The Morgan fingerprint density at radius 2 is 1.95 bits per heavy atom. The molecule has 0 amide bonds. The van der Waals surface area contributed by atoms with Gasteiger partial charge in [0.25, 0.3) is 5.56 Å². The molecule has 0 unspecified atom stereocenters. The monoisotopic (exact) mass is 365 g/mol. The lowest BCUT2D eigenvalue weighted by Crippen LogP contribution is -2.09. The number of aryl methyl sites for hydroxylation is 1. The van der Waals surface area contributed by atoms with Gasteiger partial charge in [-0.05, 0) is 58.1 Å². The number of H-pyrrole nitrogens is 1. The van der Waals surface area contributed by atoms with Crippen molar-refractivity contribution in [2.75, 3.05) is 5.73 Å². The Morgan fingerprint density at radius 3 is 2.68 bits per heavy atom. The number of benzene rings is 1. The number of fused-ring (bicyclic) bond motifs is 1. The van der Waals surface area contributed by atoms with E-state index in [0.717, 1.165) is 0 Å². The second kappa shape index (κ2) is 5.17. The minimum atomic E-state index is -0.741. The van der Waals surface area contributed by atoms with E-state index in [9.17, 15) is 13.6 Å². The minimum Gasteiger partial charge on any atom is -0.383 e. The Labute approximate surface area is 132 Å². The van der Waals surface area contributed by atoms with Crippen molar-refractivity contribution in [1.29, 1.82) is 0 Å². The van der Waals surface area contributed by atoms with Crippen molar-refractivity contribution in [2.24, 2.45) is 0 Å². The molecule has 112 valence electrons. The minimum absolute atomic E-state index is 0.0259. The van der Waals surface area contributed by atoms with E-state index in [1.165, 1.54) is 12.1 Å². The second-order valence-corrected chi connectivity index (χ2v) is 5.75. The number of halogens is 3. The van der Waals surface area contributed by atoms with Crippen LogP contribution < -0.4 is 11.3 Å². The Bertz CT molecular complexity index is 969. The van der Waals surface area contributed by atoms with Gasteiger partial charge in [0.2, 0.25) is 5.95 Å². The molecule has 2 aromatic heterocycles. The standard InChI is InChI=1S/C15H10BrF2N3O/c1-6-2-8-3-7(4-11(17)12(8)15(22)20-6)9-5-10(16)13(18)21-14(9)19/h2-5H,1H3,(H2,19,21)(H,20,22). The lowest BCUT2D eigenvalue weighted by atomic mass is 10.0. The third-order valence-electron chi connectivity index (χ3n) is 3.30. The number of hydrogen-bond acceptors (Lipinski definition) is 3. The first-order valence-electron chi connectivity index (χ1n) is 6.32. The molecule has 0 saturated heterocycles. The van der Waals surface area contributed by atoms with Crippen molar-refractivity contribution in [1.82, 2.24) is 9.97 Å². The zero-order chi connectivity index (χ0) is 16.0. The zero-order valence-corrected chi connectivity index (χ0v) is 13.0. The molecule has 2 heterocycles. The zero-order valence-electron chi connectivity index (χ0n) is 11.4. The smallest absolute Gasteiger partial charge is 0.258 e. The SMILES string of the molecule is Cc1cc2cc(-c3cc(Br)c(F)nc3N)cc(F)c2c(=O)[nH]1. The maximum absolute atomic E-state index is 14.3. The first-order chi connectivity index (χ1) is 10.4. The van der Waals surface area contributed by atoms with Crippen LogP contribution >= 0.6 is 15.9 Å². The van der Waals surface area contributed by atoms with Crippen LogP contribution in [0.3, 0.4) is 0 Å². The average molecular weight is 366 g/mol. The van der Waals surface area contributed by atoms with Crippen molar-refractivity contribution in [3.63, 3.8) is 0 Å². The lowest BCUT2D eigenvalue weighted by molar-refractivity contribution is 0.579. The van der Waals surface area contributed by atoms with Crippen LogP contribution in [0.5, 0.6) is 0 Å². The number of pyridine rings is 2. The summed E-state index contributed by atoms with van der Waals surface area (Å²) in [6.07, 6.45) is 0. The van der Waals surface area contributed by atoms with Crippen LogP contribution in [0.1, 0.15) is 5.69 Å². The molecule has 4 nitrogen and oxygen atoms in total. The van der Waals surface area contributed by atoms with E-state index in [0.29, 0.717) is 22.2 Å². The molecule has 7 heteroatoms. The summed E-state index contributed by atoms with van der Waals surface area (Å²) in [7, 11) is 0. The summed E-state index contributed by atoms with van der Waals surface area (Å²) in [5.41, 5.74) is 6.63. The molecule has 3 rings (SSSR count). The number of nitrogens with two attached hydrogens (primary N) is 1. The van der Waals surface area contributed by atoms with Crippen molar-refractivity contribution >= 4 is 32.5 Å². The molecule has 1 aromatic carbocycles. The summed E-state index contributed by atoms with van der Waals surface area (Å²) >= 11 is 3.03. The predicted molar refractivity (Wildman–Crippen MR) is 84.6 cm³/mol. The van der Waals surface area contributed by atoms with E-state index in [2.05, 4.69) is 25.9 Å². The van der Waals surface area contributed by atoms with Gasteiger partial charge >= 0.3 is 0 Å². The molecule has 0 radical (unpaired) electrons. The van der Waals surface area contributed by atoms with E-state index in [1.54, 1.807) is 19.1 Å². The van der Waals surface area contributed by atoms with Gasteiger partial charge in [0.1, 0.15) is 11.6 Å². The third-order valence-corrected chi connectivity index (χ3v) is 3.86. The van der Waals surface area contributed by atoms with Gasteiger partial charge in [-0.25, -0.2) is 9.37 Å². The van der Waals surface area contributed by atoms with Crippen LogP contribution in [0.2, 0.25) is 0 Å². The quantitative estimate of drug-likeness (QED) is 0.648. The first-order valence-corrected chi connectivity index (χ1v) is 7.11. The Morgan fingerprint density at radius 1 is 1.23 bits per heavy atom. The van der Waals surface area contributed by atoms with Gasteiger partial charge < -0.3 is 10.7 Å². The number of nitrogens with zero attached hydrogens (tertiary/aromatic N) is 1. The highest BCUT2D eigenvalue weighted by atomic mass is 79.9. The molecule has 3 N–H and O–H groups in total. The fourth-order valence-electron chi connectivity index (χ4n) is 2.36. The van der Waals surface area contributed by atoms with Gasteiger partial charge in [0.05, 0.1) is 9.86 Å². The van der Waals surface area contributed by atoms with E-state index in [4.69, 9.17) is 5.73 Å². The fraction of sp³-hybridized carbons (Fsp3) is 0.0667. The van der Waals surface area contributed by atoms with E-state index in [-0.39, 0.29) is 15.7 Å². The topological polar surface area (TPSA) is 71.8 Å². The molecule has 0 aliphatic rings. The summed E-state index contributed by atoms with van der Waals surface area (Å²) in [6, 6.07) is 5.90. The molecule has 0 spiro atoms. The van der Waals surface area contributed by atoms with E-state index >= 15 is 0 Å². The number of nitrogen functional groups attached to an aromatic ring is 1. The number of hydrogen-bond donors (Lipinski definition) is 2. The van der Waals surface area contributed by atoms with Crippen LogP contribution in [-0.2, 0) is 0 Å². The first kappa shape index (κ1) is 14.6. The van der Waals surface area contributed by atoms with Gasteiger partial charge in [-0.3, -0.25) is 4.79 Å². The second-order valence-electron chi connectivity index (χ2n) is 4.90. The van der Waals surface area contributed by atoms with Crippen LogP contribution in [0, 0.1) is 18.7 Å². The van der Waals surface area contributed by atoms with Crippen LogP contribution in [-0.4, -0.2) is 9.97 Å². The number of nitrogens with one attached hydrogen (secondary N) is 1. The third kappa shape index (κ3) is 2.37. The molecule has 0 fully saturated rings. The predicted octanol–water partition coefficient (Wildman–Crippen LogP) is 3.52. The highest BCUT2D eigenvalue weighted by molar-refractivity contribution is 9.10. The van der Waals surface area contributed by atoms with Gasteiger partial charge in [0.15, 0.2) is 0 Å². The number of anilines is 1. The van der Waals surface area contributed by atoms with Crippen molar-refractivity contribution in [3.05, 3.63) is 56.6 Å². The van der Waals surface area contributed by atoms with Gasteiger partial charge in [-0.2, -0.15) is 4.39 Å². The Kier molecular flexibility index (Phi) is 3.44. The van der Waals surface area contributed by atoms with E-state index < -0.39 is 17.3 Å². The molecule has 0 aliphatic carbocycles. The molecule has 0 atom stereocenters. The number of aromatic amines is 1. The molecule has 0 bridgehead atoms. The van der Waals surface area contributed by atoms with Crippen LogP contribution in [0.15, 0.2) is 33.5 Å². The maximum atomic E-state index is 14.3. The average Bonchev–Trinajstić information content (AvgIpc) is 2.41. The molecule has 0 saturated carbocycles. The highest BCUT2D eigenvalue weighted by Crippen LogP contribution is 2.31. The van der Waals surface area contributed by atoms with Crippen molar-refractivity contribution < 1.29 is 8.78 Å². The summed E-state index contributed by atoms with van der Waals surface area (Å²) < 4.78 is 27.7. The van der Waals surface area contributed by atoms with Gasteiger partial charge in [-0.15, -0.1) is 0 Å². The maximum Gasteiger partial charge on any atom is 0.258 e. The van der Waals surface area contributed by atoms with Crippen LogP contribution in [0.25, 0.3) is 21.9 Å². The summed E-state index contributed by atoms with van der Waals surface area (Å²) in [4.78, 5) is 18.0. The lowest BCUT2D eigenvalue weighted by Gasteiger charge is -2.09. The fourth-order valence-corrected chi connectivity index (χ4v) is 2.68. The molecular weight excluding hydrogens is 356 g/mol. The number of rotatable bonds is 1. The van der Waals surface area contributed by atoms with Crippen LogP contribution in [0.4, 0.5) is 14.6 Å². The normalized spacial score (nSPS) is 11.1. The van der Waals surface area contributed by atoms with Gasteiger partial charge in [-0.1, -0.05) is 0 Å².